The SMILES string of the molecule is CCNC(=NCc1cccc(OCC(N)=O)c1)NC(C)c1cccc(-n2cccn2)c1.I. The van der Waals surface area contributed by atoms with Crippen LogP contribution in [0, 0.1) is 0 Å². The van der Waals surface area contributed by atoms with E-state index in [0.29, 0.717) is 18.3 Å². The quantitative estimate of drug-likeness (QED) is 0.217. The van der Waals surface area contributed by atoms with Gasteiger partial charge in [-0.2, -0.15) is 5.10 Å². The van der Waals surface area contributed by atoms with Gasteiger partial charge in [0.05, 0.1) is 18.3 Å². The molecule has 0 saturated heterocycles. The Bertz CT molecular complexity index is 1020. The average molecular weight is 548 g/mol. The molecule has 8 nitrogen and oxygen atoms in total. The lowest BCUT2D eigenvalue weighted by molar-refractivity contribution is -0.119. The number of hydrogen-bond donors (Lipinski definition) is 3. The molecule has 0 fully saturated rings. The van der Waals surface area contributed by atoms with Crippen molar-refractivity contribution in [1.29, 1.82) is 0 Å². The van der Waals surface area contributed by atoms with E-state index in [1.54, 1.807) is 12.3 Å². The summed E-state index contributed by atoms with van der Waals surface area (Å²) in [6, 6.07) is 17.6. The van der Waals surface area contributed by atoms with Crippen LogP contribution in [0.5, 0.6) is 5.75 Å². The van der Waals surface area contributed by atoms with Crippen LogP contribution in [0.4, 0.5) is 0 Å². The smallest absolute Gasteiger partial charge is 0.255 e. The molecule has 0 aliphatic heterocycles. The Morgan fingerprint density at radius 2 is 2.03 bits per heavy atom. The maximum absolute atomic E-state index is 10.9. The normalized spacial score (nSPS) is 11.9. The average Bonchev–Trinajstić information content (AvgIpc) is 3.32. The van der Waals surface area contributed by atoms with Crippen LogP contribution in [0.3, 0.4) is 0 Å². The van der Waals surface area contributed by atoms with Crippen molar-refractivity contribution in [2.75, 3.05) is 13.2 Å². The molecular weight excluding hydrogens is 519 g/mol. The maximum atomic E-state index is 10.9. The van der Waals surface area contributed by atoms with E-state index in [9.17, 15) is 4.79 Å². The van der Waals surface area contributed by atoms with Crippen LogP contribution in [-0.2, 0) is 11.3 Å². The summed E-state index contributed by atoms with van der Waals surface area (Å²) < 4.78 is 7.20. The monoisotopic (exact) mass is 548 g/mol. The van der Waals surface area contributed by atoms with Gasteiger partial charge in [-0.05, 0) is 55.3 Å². The molecule has 0 aliphatic carbocycles. The second-order valence-corrected chi connectivity index (χ2v) is 7.01. The molecule has 9 heteroatoms. The largest absolute Gasteiger partial charge is 0.484 e. The Hall–Kier alpha value is -3.08. The fraction of sp³-hybridized carbons (Fsp3) is 0.261. The van der Waals surface area contributed by atoms with Crippen molar-refractivity contribution in [1.82, 2.24) is 20.4 Å². The summed E-state index contributed by atoms with van der Waals surface area (Å²) in [4.78, 5) is 15.6. The maximum Gasteiger partial charge on any atom is 0.255 e. The second-order valence-electron chi connectivity index (χ2n) is 7.01. The molecule has 2 aromatic carbocycles. The van der Waals surface area contributed by atoms with Gasteiger partial charge < -0.3 is 21.1 Å². The lowest BCUT2D eigenvalue weighted by Crippen LogP contribution is -2.38. The first kappa shape index (κ1) is 25.2. The van der Waals surface area contributed by atoms with E-state index >= 15 is 0 Å². The molecule has 1 unspecified atom stereocenters. The molecule has 0 aliphatic rings. The summed E-state index contributed by atoms with van der Waals surface area (Å²) in [5, 5.41) is 11.0. The molecule has 1 amide bonds. The molecule has 0 spiro atoms. The minimum atomic E-state index is -0.507. The van der Waals surface area contributed by atoms with Crippen molar-refractivity contribution < 1.29 is 9.53 Å². The number of nitrogens with two attached hydrogens (primary N) is 1. The summed E-state index contributed by atoms with van der Waals surface area (Å²) in [7, 11) is 0. The first-order valence-corrected chi connectivity index (χ1v) is 10.2. The summed E-state index contributed by atoms with van der Waals surface area (Å²) in [5.74, 6) is 0.795. The second kappa shape index (κ2) is 12.7. The van der Waals surface area contributed by atoms with E-state index in [-0.39, 0.29) is 36.6 Å². The third-order valence-corrected chi connectivity index (χ3v) is 4.54. The highest BCUT2D eigenvalue weighted by Gasteiger charge is 2.09. The van der Waals surface area contributed by atoms with Crippen LogP contribution in [0.25, 0.3) is 5.69 Å². The number of rotatable bonds is 9. The minimum absolute atomic E-state index is 0. The zero-order valence-corrected chi connectivity index (χ0v) is 20.5. The lowest BCUT2D eigenvalue weighted by Gasteiger charge is -2.19. The number of ether oxygens (including phenoxy) is 1. The number of primary amides is 1. The molecule has 32 heavy (non-hydrogen) atoms. The van der Waals surface area contributed by atoms with Crippen LogP contribution >= 0.6 is 24.0 Å². The summed E-state index contributed by atoms with van der Waals surface area (Å²) in [5.41, 5.74) is 8.23. The zero-order chi connectivity index (χ0) is 22.1. The minimum Gasteiger partial charge on any atom is -0.484 e. The van der Waals surface area contributed by atoms with Crippen molar-refractivity contribution in [3.05, 3.63) is 78.1 Å². The molecular formula is C23H29IN6O2. The zero-order valence-electron chi connectivity index (χ0n) is 18.2. The molecule has 0 bridgehead atoms. The van der Waals surface area contributed by atoms with Gasteiger partial charge in [0.1, 0.15) is 5.75 Å². The predicted octanol–water partition coefficient (Wildman–Crippen LogP) is 3.17. The Morgan fingerprint density at radius 1 is 1.22 bits per heavy atom. The van der Waals surface area contributed by atoms with E-state index in [1.807, 2.05) is 54.2 Å². The number of amides is 1. The van der Waals surface area contributed by atoms with Crippen LogP contribution in [-0.4, -0.2) is 34.8 Å². The van der Waals surface area contributed by atoms with Crippen LogP contribution in [0.2, 0.25) is 0 Å². The molecule has 1 heterocycles. The standard InChI is InChI=1S/C23H28N6O2.HI/c1-3-25-23(26-15-18-7-4-10-21(13-18)31-16-22(24)30)28-17(2)19-8-5-9-20(14-19)29-12-6-11-27-29;/h4-14,17H,3,15-16H2,1-2H3,(H2,24,30)(H2,25,26,28);1H. The van der Waals surface area contributed by atoms with E-state index in [0.717, 1.165) is 23.4 Å². The Balaban J connectivity index is 0.00000363. The van der Waals surface area contributed by atoms with Crippen molar-refractivity contribution >= 4 is 35.8 Å². The van der Waals surface area contributed by atoms with Crippen molar-refractivity contribution in [2.45, 2.75) is 26.4 Å². The van der Waals surface area contributed by atoms with Gasteiger partial charge >= 0.3 is 0 Å². The van der Waals surface area contributed by atoms with Crippen LogP contribution in [0.1, 0.15) is 31.0 Å². The van der Waals surface area contributed by atoms with Crippen molar-refractivity contribution in [2.24, 2.45) is 10.7 Å². The molecule has 0 saturated carbocycles. The number of hydrogen-bond acceptors (Lipinski definition) is 4. The van der Waals surface area contributed by atoms with Gasteiger partial charge in [0.25, 0.3) is 5.91 Å². The van der Waals surface area contributed by atoms with Gasteiger partial charge in [0.2, 0.25) is 0 Å². The summed E-state index contributed by atoms with van der Waals surface area (Å²) in [6.45, 7) is 5.18. The highest BCUT2D eigenvalue weighted by molar-refractivity contribution is 14.0. The number of aromatic nitrogens is 2. The Kier molecular flexibility index (Phi) is 9.99. The first-order valence-electron chi connectivity index (χ1n) is 10.2. The van der Waals surface area contributed by atoms with E-state index in [2.05, 4.69) is 39.8 Å². The molecule has 3 aromatic rings. The van der Waals surface area contributed by atoms with Gasteiger partial charge in [0, 0.05) is 18.9 Å². The van der Waals surface area contributed by atoms with Gasteiger partial charge in [0.15, 0.2) is 12.6 Å². The number of nitrogens with one attached hydrogen (secondary N) is 2. The molecule has 3 rings (SSSR count). The third kappa shape index (κ3) is 7.56. The van der Waals surface area contributed by atoms with Gasteiger partial charge in [-0.3, -0.25) is 4.79 Å². The molecule has 1 aromatic heterocycles. The molecule has 1 atom stereocenters. The van der Waals surface area contributed by atoms with Gasteiger partial charge in [-0.25, -0.2) is 9.67 Å². The third-order valence-electron chi connectivity index (χ3n) is 4.54. The first-order chi connectivity index (χ1) is 15.0. The highest BCUT2D eigenvalue weighted by atomic mass is 127. The number of guanidine groups is 1. The molecule has 170 valence electrons. The predicted molar refractivity (Wildman–Crippen MR) is 136 cm³/mol. The lowest BCUT2D eigenvalue weighted by atomic mass is 10.1. The van der Waals surface area contributed by atoms with Gasteiger partial charge in [-0.15, -0.1) is 24.0 Å². The number of benzene rings is 2. The number of carbonyl (C=O) groups is 1. The highest BCUT2D eigenvalue weighted by Crippen LogP contribution is 2.17. The van der Waals surface area contributed by atoms with Crippen LogP contribution < -0.4 is 21.1 Å². The Morgan fingerprint density at radius 3 is 2.75 bits per heavy atom. The van der Waals surface area contributed by atoms with Gasteiger partial charge in [-0.1, -0.05) is 24.3 Å². The number of halogens is 1. The van der Waals surface area contributed by atoms with Crippen molar-refractivity contribution in [3.8, 4) is 11.4 Å². The van der Waals surface area contributed by atoms with Crippen LogP contribution in [0.15, 0.2) is 72.0 Å². The Labute approximate surface area is 205 Å². The molecule has 4 N–H and O–H groups in total. The number of nitrogens with zero attached hydrogens (tertiary/aromatic N) is 3. The van der Waals surface area contributed by atoms with E-state index in [1.165, 1.54) is 0 Å². The topological polar surface area (TPSA) is 107 Å². The van der Waals surface area contributed by atoms with Crippen molar-refractivity contribution in [3.63, 3.8) is 0 Å². The number of carbonyl (C=O) groups excluding carboxylic acids is 1. The fourth-order valence-electron chi connectivity index (χ4n) is 3.03. The van der Waals surface area contributed by atoms with E-state index < -0.39 is 5.91 Å². The van der Waals surface area contributed by atoms with E-state index in [4.69, 9.17) is 10.5 Å². The fourth-order valence-corrected chi connectivity index (χ4v) is 3.03. The summed E-state index contributed by atoms with van der Waals surface area (Å²) in [6.07, 6.45) is 3.68. The summed E-state index contributed by atoms with van der Waals surface area (Å²) >= 11 is 0. The molecule has 0 radical (unpaired) electrons. The number of aliphatic imine (C=N–C) groups is 1.